The molecule has 1 N–H and O–H groups in total. The monoisotopic (exact) mass is 382 g/mol. The molecule has 2 rings (SSSR count). The minimum Gasteiger partial charge on any atom is -0.497 e. The van der Waals surface area contributed by atoms with Crippen molar-refractivity contribution in [3.05, 3.63) is 23.8 Å². The molecule has 142 valence electrons. The first kappa shape index (κ1) is 19.9. The summed E-state index contributed by atoms with van der Waals surface area (Å²) >= 11 is 1.42. The van der Waals surface area contributed by atoms with Gasteiger partial charge in [-0.05, 0) is 24.6 Å². The van der Waals surface area contributed by atoms with Gasteiger partial charge in [0.2, 0.25) is 11.8 Å². The minimum absolute atomic E-state index is 0.143. The number of hydrogen-bond acceptors (Lipinski definition) is 7. The van der Waals surface area contributed by atoms with E-state index in [4.69, 9.17) is 14.2 Å². The van der Waals surface area contributed by atoms with Gasteiger partial charge in [0.25, 0.3) is 0 Å². The van der Waals surface area contributed by atoms with Gasteiger partial charge in [-0.25, -0.2) is 0 Å². The highest BCUT2D eigenvalue weighted by atomic mass is 32.2. The molecule has 1 atom stereocenters. The van der Waals surface area contributed by atoms with E-state index >= 15 is 0 Å². The number of carbonyl (C=O) groups is 3. The van der Waals surface area contributed by atoms with Gasteiger partial charge in [0.1, 0.15) is 30.0 Å². The van der Waals surface area contributed by atoms with Crippen molar-refractivity contribution in [2.24, 2.45) is 0 Å². The number of esters is 1. The summed E-state index contributed by atoms with van der Waals surface area (Å²) in [4.78, 5) is 37.1. The Hall–Kier alpha value is -2.42. The smallest absolute Gasteiger partial charge is 0.325 e. The van der Waals surface area contributed by atoms with Crippen molar-refractivity contribution in [1.82, 2.24) is 10.2 Å². The summed E-state index contributed by atoms with van der Waals surface area (Å²) in [5.74, 6) is 0.394. The largest absolute Gasteiger partial charge is 0.497 e. The Morgan fingerprint density at radius 1 is 1.23 bits per heavy atom. The number of nitrogens with zero attached hydrogens (tertiary/aromatic N) is 1. The van der Waals surface area contributed by atoms with Gasteiger partial charge in [-0.3, -0.25) is 14.4 Å². The number of carbonyl (C=O) groups excluding carboxylic acids is 3. The van der Waals surface area contributed by atoms with Gasteiger partial charge in [0.15, 0.2) is 0 Å². The average Bonchev–Trinajstić information content (AvgIpc) is 3.00. The Kier molecular flexibility index (Phi) is 7.14. The molecule has 8 nitrogen and oxygen atoms in total. The fourth-order valence-corrected chi connectivity index (χ4v) is 3.63. The number of amides is 2. The Morgan fingerprint density at radius 3 is 2.46 bits per heavy atom. The molecule has 0 radical (unpaired) electrons. The predicted molar refractivity (Wildman–Crippen MR) is 96.1 cm³/mol. The summed E-state index contributed by atoms with van der Waals surface area (Å²) in [6.45, 7) is 1.57. The van der Waals surface area contributed by atoms with Crippen molar-refractivity contribution >= 4 is 29.5 Å². The van der Waals surface area contributed by atoms with E-state index in [1.54, 1.807) is 27.2 Å². The SMILES string of the molecule is CCOC(=O)CNC(=O)CN1C(=O)CSC1c1cc(OC)cc(OC)c1. The first-order valence-electron chi connectivity index (χ1n) is 8.04. The second kappa shape index (κ2) is 9.33. The highest BCUT2D eigenvalue weighted by Gasteiger charge is 2.34. The first-order valence-corrected chi connectivity index (χ1v) is 9.09. The summed E-state index contributed by atoms with van der Waals surface area (Å²) in [6, 6.07) is 5.35. The van der Waals surface area contributed by atoms with Crippen molar-refractivity contribution in [1.29, 1.82) is 0 Å². The zero-order valence-corrected chi connectivity index (χ0v) is 15.8. The van der Waals surface area contributed by atoms with Gasteiger partial charge in [0.05, 0.1) is 26.6 Å². The topological polar surface area (TPSA) is 94.2 Å². The van der Waals surface area contributed by atoms with Gasteiger partial charge in [-0.1, -0.05) is 0 Å². The Morgan fingerprint density at radius 2 is 1.88 bits per heavy atom. The maximum Gasteiger partial charge on any atom is 0.325 e. The quantitative estimate of drug-likeness (QED) is 0.669. The van der Waals surface area contributed by atoms with Crippen LogP contribution in [-0.4, -0.2) is 62.4 Å². The van der Waals surface area contributed by atoms with Crippen LogP contribution in [0.3, 0.4) is 0 Å². The highest BCUT2D eigenvalue weighted by Crippen LogP contribution is 2.40. The summed E-state index contributed by atoms with van der Waals surface area (Å²) < 4.78 is 15.3. The highest BCUT2D eigenvalue weighted by molar-refractivity contribution is 8.00. The number of nitrogens with one attached hydrogen (secondary N) is 1. The molecule has 9 heteroatoms. The first-order chi connectivity index (χ1) is 12.5. The molecule has 0 bridgehead atoms. The average molecular weight is 382 g/mol. The molecule has 0 aliphatic carbocycles. The van der Waals surface area contributed by atoms with Crippen molar-refractivity contribution < 1.29 is 28.6 Å². The fraction of sp³-hybridized carbons (Fsp3) is 0.471. The Labute approximate surface area is 156 Å². The number of hydrogen-bond donors (Lipinski definition) is 1. The molecule has 0 spiro atoms. The van der Waals surface area contributed by atoms with E-state index in [0.29, 0.717) is 11.5 Å². The van der Waals surface area contributed by atoms with Crippen molar-refractivity contribution in [3.8, 4) is 11.5 Å². The Bertz CT molecular complexity index is 659. The van der Waals surface area contributed by atoms with Crippen LogP contribution in [-0.2, 0) is 19.1 Å². The molecule has 1 unspecified atom stereocenters. The Balaban J connectivity index is 2.08. The molecular weight excluding hydrogens is 360 g/mol. The number of methoxy groups -OCH3 is 2. The lowest BCUT2D eigenvalue weighted by molar-refractivity contribution is -0.143. The van der Waals surface area contributed by atoms with Crippen LogP contribution in [0.25, 0.3) is 0 Å². The number of rotatable bonds is 8. The lowest BCUT2D eigenvalue weighted by Crippen LogP contribution is -2.41. The molecule has 1 aromatic rings. The maximum atomic E-state index is 12.2. The van der Waals surface area contributed by atoms with E-state index in [-0.39, 0.29) is 36.7 Å². The normalized spacial score (nSPS) is 16.3. The van der Waals surface area contributed by atoms with Crippen LogP contribution in [0.4, 0.5) is 0 Å². The van der Waals surface area contributed by atoms with E-state index in [1.807, 2.05) is 12.1 Å². The lowest BCUT2D eigenvalue weighted by Gasteiger charge is -2.24. The predicted octanol–water partition coefficient (Wildman–Crippen LogP) is 0.957. The summed E-state index contributed by atoms with van der Waals surface area (Å²) in [7, 11) is 3.10. The van der Waals surface area contributed by atoms with Crippen LogP contribution >= 0.6 is 11.8 Å². The molecule has 0 aromatic heterocycles. The summed E-state index contributed by atoms with van der Waals surface area (Å²) in [6.07, 6.45) is 0. The maximum absolute atomic E-state index is 12.2. The van der Waals surface area contributed by atoms with E-state index in [0.717, 1.165) is 5.56 Å². The van der Waals surface area contributed by atoms with Crippen LogP contribution in [0.2, 0.25) is 0 Å². The van der Waals surface area contributed by atoms with E-state index in [2.05, 4.69) is 5.32 Å². The van der Waals surface area contributed by atoms with Gasteiger partial charge in [-0.15, -0.1) is 11.8 Å². The molecule has 1 aromatic carbocycles. The van der Waals surface area contributed by atoms with Crippen molar-refractivity contribution in [2.75, 3.05) is 39.7 Å². The molecule has 1 aliphatic heterocycles. The molecule has 1 aliphatic rings. The molecular formula is C17H22N2O6S. The second-order valence-electron chi connectivity index (χ2n) is 5.41. The van der Waals surface area contributed by atoms with E-state index < -0.39 is 11.9 Å². The van der Waals surface area contributed by atoms with Crippen LogP contribution < -0.4 is 14.8 Å². The van der Waals surface area contributed by atoms with Crippen LogP contribution in [0.15, 0.2) is 18.2 Å². The number of benzene rings is 1. The summed E-state index contributed by atoms with van der Waals surface area (Å²) in [5, 5.41) is 2.13. The standard InChI is InChI=1S/C17H22N2O6S/c1-4-25-16(22)8-18-14(20)9-19-15(21)10-26-17(19)11-5-12(23-2)7-13(6-11)24-3/h5-7,17H,4,8-10H2,1-3H3,(H,18,20). The van der Waals surface area contributed by atoms with Crippen molar-refractivity contribution in [3.63, 3.8) is 0 Å². The minimum atomic E-state index is -0.517. The zero-order valence-electron chi connectivity index (χ0n) is 14.9. The third kappa shape index (κ3) is 5.04. The van der Waals surface area contributed by atoms with Crippen LogP contribution in [0.5, 0.6) is 11.5 Å². The van der Waals surface area contributed by atoms with E-state index in [9.17, 15) is 14.4 Å². The van der Waals surface area contributed by atoms with Gasteiger partial charge >= 0.3 is 5.97 Å². The van der Waals surface area contributed by atoms with Gasteiger partial charge in [0, 0.05) is 6.07 Å². The third-order valence-electron chi connectivity index (χ3n) is 3.68. The molecule has 1 saturated heterocycles. The fourth-order valence-electron chi connectivity index (χ4n) is 2.47. The van der Waals surface area contributed by atoms with Crippen LogP contribution in [0.1, 0.15) is 17.9 Å². The number of thioether (sulfide) groups is 1. The summed E-state index contributed by atoms with van der Waals surface area (Å²) in [5.41, 5.74) is 0.801. The van der Waals surface area contributed by atoms with Crippen molar-refractivity contribution in [2.45, 2.75) is 12.3 Å². The zero-order chi connectivity index (χ0) is 19.1. The second-order valence-corrected chi connectivity index (χ2v) is 6.48. The lowest BCUT2D eigenvalue weighted by atomic mass is 10.1. The molecule has 1 fully saturated rings. The third-order valence-corrected chi connectivity index (χ3v) is 4.93. The number of ether oxygens (including phenoxy) is 3. The van der Waals surface area contributed by atoms with Gasteiger partial charge < -0.3 is 24.4 Å². The van der Waals surface area contributed by atoms with Gasteiger partial charge in [-0.2, -0.15) is 0 Å². The molecule has 1 heterocycles. The molecule has 26 heavy (non-hydrogen) atoms. The molecule has 2 amide bonds. The molecule has 0 saturated carbocycles. The van der Waals surface area contributed by atoms with Crippen LogP contribution in [0, 0.1) is 0 Å². The van der Waals surface area contributed by atoms with E-state index in [1.165, 1.54) is 16.7 Å².